The number of carbonyl (C=O) groups excluding carboxylic acids is 1. The first-order valence-electron chi connectivity index (χ1n) is 9.30. The number of carbonyl (C=O) groups is 1. The summed E-state index contributed by atoms with van der Waals surface area (Å²) in [6.45, 7) is 0.594. The van der Waals surface area contributed by atoms with Gasteiger partial charge in [0, 0.05) is 18.2 Å². The van der Waals surface area contributed by atoms with E-state index in [9.17, 15) is 9.59 Å². The van der Waals surface area contributed by atoms with Gasteiger partial charge in [-0.2, -0.15) is 5.10 Å². The predicted octanol–water partition coefficient (Wildman–Crippen LogP) is 2.25. The molecule has 0 aliphatic heterocycles. The number of methoxy groups -OCH3 is 1. The van der Waals surface area contributed by atoms with Crippen LogP contribution in [0.2, 0.25) is 0 Å². The molecule has 6 nitrogen and oxygen atoms in total. The normalized spacial score (nSPS) is 22.8. The van der Waals surface area contributed by atoms with Gasteiger partial charge in [-0.05, 0) is 60.9 Å². The SMILES string of the molecule is COc1ccc(-c2ccc(=O)n(CC(=O)NC[C@@H]3C[C@H]4C=C[C@@H]3C4)n2)cc1. The second kappa shape index (κ2) is 7.39. The van der Waals surface area contributed by atoms with Crippen molar-refractivity contribution in [3.05, 3.63) is 58.9 Å². The Morgan fingerprint density at radius 2 is 2.00 bits per heavy atom. The van der Waals surface area contributed by atoms with Gasteiger partial charge in [-0.3, -0.25) is 9.59 Å². The topological polar surface area (TPSA) is 73.2 Å². The summed E-state index contributed by atoms with van der Waals surface area (Å²) in [6.07, 6.45) is 6.92. The van der Waals surface area contributed by atoms with Crippen molar-refractivity contribution in [2.24, 2.45) is 17.8 Å². The highest BCUT2D eigenvalue weighted by Gasteiger charge is 2.35. The Morgan fingerprint density at radius 1 is 1.19 bits per heavy atom. The van der Waals surface area contributed by atoms with Gasteiger partial charge in [0.05, 0.1) is 12.8 Å². The van der Waals surface area contributed by atoms with Crippen LogP contribution in [0.1, 0.15) is 12.8 Å². The summed E-state index contributed by atoms with van der Waals surface area (Å²) >= 11 is 0. The number of allylic oxidation sites excluding steroid dienone is 2. The van der Waals surface area contributed by atoms with Gasteiger partial charge in [-0.25, -0.2) is 4.68 Å². The second-order valence-electron chi connectivity index (χ2n) is 7.29. The van der Waals surface area contributed by atoms with E-state index in [0.29, 0.717) is 30.0 Å². The molecule has 1 aromatic carbocycles. The first kappa shape index (κ1) is 17.5. The van der Waals surface area contributed by atoms with Crippen molar-refractivity contribution in [3.63, 3.8) is 0 Å². The second-order valence-corrected chi connectivity index (χ2v) is 7.29. The maximum absolute atomic E-state index is 12.3. The van der Waals surface area contributed by atoms with Gasteiger partial charge in [0.25, 0.3) is 5.56 Å². The van der Waals surface area contributed by atoms with E-state index < -0.39 is 0 Å². The first-order valence-corrected chi connectivity index (χ1v) is 9.30. The summed E-state index contributed by atoms with van der Waals surface area (Å²) in [4.78, 5) is 24.4. The van der Waals surface area contributed by atoms with E-state index in [2.05, 4.69) is 22.6 Å². The molecule has 2 aromatic rings. The monoisotopic (exact) mass is 365 g/mol. The van der Waals surface area contributed by atoms with Crippen molar-refractivity contribution < 1.29 is 9.53 Å². The van der Waals surface area contributed by atoms with Crippen molar-refractivity contribution in [2.75, 3.05) is 13.7 Å². The molecule has 6 heteroatoms. The van der Waals surface area contributed by atoms with Crippen LogP contribution in [0.25, 0.3) is 11.3 Å². The third kappa shape index (κ3) is 3.79. The summed E-state index contributed by atoms with van der Waals surface area (Å²) in [5.74, 6) is 2.36. The van der Waals surface area contributed by atoms with Gasteiger partial charge in [0.1, 0.15) is 12.3 Å². The molecule has 2 bridgehead atoms. The largest absolute Gasteiger partial charge is 0.497 e. The number of ether oxygens (including phenoxy) is 1. The summed E-state index contributed by atoms with van der Waals surface area (Å²) in [5.41, 5.74) is 1.22. The molecule has 2 aliphatic rings. The number of fused-ring (bicyclic) bond motifs is 2. The van der Waals surface area contributed by atoms with Gasteiger partial charge in [-0.15, -0.1) is 0 Å². The molecular formula is C21H23N3O3. The Labute approximate surface area is 157 Å². The molecule has 1 N–H and O–H groups in total. The Bertz CT molecular complexity index is 917. The van der Waals surface area contributed by atoms with Gasteiger partial charge < -0.3 is 10.1 Å². The molecule has 4 rings (SSSR count). The predicted molar refractivity (Wildman–Crippen MR) is 102 cm³/mol. The van der Waals surface area contributed by atoms with Crippen LogP contribution in [0.5, 0.6) is 5.75 Å². The quantitative estimate of drug-likeness (QED) is 0.797. The number of benzene rings is 1. The van der Waals surface area contributed by atoms with Crippen LogP contribution in [0.15, 0.2) is 53.3 Å². The number of amides is 1. The smallest absolute Gasteiger partial charge is 0.267 e. The van der Waals surface area contributed by atoms with E-state index in [1.807, 2.05) is 24.3 Å². The molecule has 1 fully saturated rings. The number of nitrogens with one attached hydrogen (secondary N) is 1. The Hall–Kier alpha value is -2.89. The van der Waals surface area contributed by atoms with Crippen LogP contribution < -0.4 is 15.6 Å². The summed E-state index contributed by atoms with van der Waals surface area (Å²) in [5, 5.41) is 7.32. The third-order valence-electron chi connectivity index (χ3n) is 5.52. The standard InChI is InChI=1S/C21H23N3O3/c1-27-18-6-4-15(5-7-18)19-8-9-21(26)24(23-19)13-20(25)22-12-17-11-14-2-3-16(17)10-14/h2-9,14,16-17H,10-13H2,1H3,(H,22,25)/t14-,16+,17-/m0/s1. The lowest BCUT2D eigenvalue weighted by Crippen LogP contribution is -2.36. The number of hydrogen-bond acceptors (Lipinski definition) is 4. The molecule has 140 valence electrons. The zero-order chi connectivity index (χ0) is 18.8. The van der Waals surface area contributed by atoms with Gasteiger partial charge in [-0.1, -0.05) is 12.2 Å². The van der Waals surface area contributed by atoms with Crippen LogP contribution in [-0.4, -0.2) is 29.3 Å². The van der Waals surface area contributed by atoms with E-state index in [4.69, 9.17) is 4.74 Å². The summed E-state index contributed by atoms with van der Waals surface area (Å²) in [7, 11) is 1.61. The minimum absolute atomic E-state index is 0.0700. The van der Waals surface area contributed by atoms with Crippen molar-refractivity contribution in [1.29, 1.82) is 0 Å². The van der Waals surface area contributed by atoms with E-state index in [-0.39, 0.29) is 18.0 Å². The highest BCUT2D eigenvalue weighted by Crippen LogP contribution is 2.42. The maximum atomic E-state index is 12.3. The zero-order valence-corrected chi connectivity index (χ0v) is 15.3. The fourth-order valence-electron chi connectivity index (χ4n) is 4.04. The Morgan fingerprint density at radius 3 is 2.67 bits per heavy atom. The highest BCUT2D eigenvalue weighted by atomic mass is 16.5. The number of nitrogens with zero attached hydrogens (tertiary/aromatic N) is 2. The van der Waals surface area contributed by atoms with Crippen molar-refractivity contribution in [1.82, 2.24) is 15.1 Å². The first-order chi connectivity index (χ1) is 13.1. The Kier molecular flexibility index (Phi) is 4.79. The van der Waals surface area contributed by atoms with Crippen LogP contribution in [0.3, 0.4) is 0 Å². The molecule has 0 radical (unpaired) electrons. The van der Waals surface area contributed by atoms with Crippen LogP contribution in [0, 0.1) is 17.8 Å². The lowest BCUT2D eigenvalue weighted by atomic mass is 9.94. The van der Waals surface area contributed by atoms with Crippen molar-refractivity contribution in [2.45, 2.75) is 19.4 Å². The van der Waals surface area contributed by atoms with Crippen LogP contribution in [-0.2, 0) is 11.3 Å². The van der Waals surface area contributed by atoms with Gasteiger partial charge in [0.2, 0.25) is 5.91 Å². The molecule has 1 aromatic heterocycles. The van der Waals surface area contributed by atoms with Gasteiger partial charge >= 0.3 is 0 Å². The molecule has 1 amide bonds. The molecule has 0 saturated heterocycles. The molecule has 0 spiro atoms. The molecule has 2 aliphatic carbocycles. The van der Waals surface area contributed by atoms with Crippen LogP contribution in [0.4, 0.5) is 0 Å². The number of rotatable bonds is 6. The van der Waals surface area contributed by atoms with Crippen LogP contribution >= 0.6 is 0 Å². The molecular weight excluding hydrogens is 342 g/mol. The number of aromatic nitrogens is 2. The van der Waals surface area contributed by atoms with E-state index in [1.165, 1.54) is 17.2 Å². The van der Waals surface area contributed by atoms with Crippen molar-refractivity contribution >= 4 is 5.91 Å². The lowest BCUT2D eigenvalue weighted by molar-refractivity contribution is -0.122. The number of hydrogen-bond donors (Lipinski definition) is 1. The van der Waals surface area contributed by atoms with E-state index in [0.717, 1.165) is 17.7 Å². The molecule has 0 unspecified atom stereocenters. The van der Waals surface area contributed by atoms with E-state index >= 15 is 0 Å². The summed E-state index contributed by atoms with van der Waals surface area (Å²) < 4.78 is 6.37. The maximum Gasteiger partial charge on any atom is 0.267 e. The average Bonchev–Trinajstić information content (AvgIpc) is 3.31. The zero-order valence-electron chi connectivity index (χ0n) is 15.3. The minimum Gasteiger partial charge on any atom is -0.497 e. The van der Waals surface area contributed by atoms with E-state index in [1.54, 1.807) is 13.2 Å². The Balaban J connectivity index is 1.41. The molecule has 1 heterocycles. The fourth-order valence-corrected chi connectivity index (χ4v) is 4.04. The van der Waals surface area contributed by atoms with Gasteiger partial charge in [0.15, 0.2) is 0 Å². The average molecular weight is 365 g/mol. The summed E-state index contributed by atoms with van der Waals surface area (Å²) in [6, 6.07) is 10.5. The highest BCUT2D eigenvalue weighted by molar-refractivity contribution is 5.75. The molecule has 1 saturated carbocycles. The minimum atomic E-state index is -0.287. The lowest BCUT2D eigenvalue weighted by Gasteiger charge is -2.18. The molecule has 27 heavy (non-hydrogen) atoms. The molecule has 3 atom stereocenters. The fraction of sp³-hybridized carbons (Fsp3) is 0.381. The van der Waals surface area contributed by atoms with Crippen molar-refractivity contribution in [3.8, 4) is 17.0 Å². The third-order valence-corrected chi connectivity index (χ3v) is 5.52.